The molecule has 0 amide bonds. The molecule has 0 saturated heterocycles. The lowest BCUT2D eigenvalue weighted by molar-refractivity contribution is 0.614. The second kappa shape index (κ2) is 4.78. The highest BCUT2D eigenvalue weighted by atomic mass is 15.2. The predicted octanol–water partition coefficient (Wildman–Crippen LogP) is 2.80. The van der Waals surface area contributed by atoms with Crippen molar-refractivity contribution in [2.45, 2.75) is 33.2 Å². The van der Waals surface area contributed by atoms with Crippen LogP contribution in [0.15, 0.2) is 24.3 Å². The van der Waals surface area contributed by atoms with Gasteiger partial charge >= 0.3 is 0 Å². The molecule has 0 fully saturated rings. The van der Waals surface area contributed by atoms with Crippen LogP contribution in [-0.2, 0) is 6.42 Å². The number of nitrogens with zero attached hydrogens (tertiary/aromatic N) is 3. The second-order valence-corrected chi connectivity index (χ2v) is 5.43. The largest absolute Gasteiger partial charge is 0.368 e. The lowest BCUT2D eigenvalue weighted by atomic mass is 9.93. The quantitative estimate of drug-likeness (QED) is 0.864. The average molecular weight is 268 g/mol. The minimum atomic E-state index is 0.312. The molecule has 2 N–H and O–H groups in total. The molecule has 2 heterocycles. The zero-order chi connectivity index (χ0) is 14.3. The molecule has 0 bridgehead atoms. The number of nitrogens with two attached hydrogens (primary N) is 1. The number of benzene rings is 1. The molecule has 1 atom stereocenters. The summed E-state index contributed by atoms with van der Waals surface area (Å²) in [6, 6.07) is 8.95. The van der Waals surface area contributed by atoms with Crippen LogP contribution in [0.4, 0.5) is 11.8 Å². The van der Waals surface area contributed by atoms with Gasteiger partial charge in [-0.15, -0.1) is 0 Å². The number of rotatable bonds is 1. The van der Waals surface area contributed by atoms with E-state index in [9.17, 15) is 0 Å². The zero-order valence-electron chi connectivity index (χ0n) is 12.2. The van der Waals surface area contributed by atoms with E-state index in [-0.39, 0.29) is 0 Å². The summed E-state index contributed by atoms with van der Waals surface area (Å²) in [5, 5.41) is 0. The van der Waals surface area contributed by atoms with Gasteiger partial charge < -0.3 is 10.6 Å². The molecule has 3 rings (SSSR count). The third-order valence-electron chi connectivity index (χ3n) is 4.25. The van der Waals surface area contributed by atoms with Crippen LogP contribution >= 0.6 is 0 Å². The monoisotopic (exact) mass is 268 g/mol. The molecule has 1 aromatic heterocycles. The minimum Gasteiger partial charge on any atom is -0.368 e. The number of fused-ring (bicyclic) bond motifs is 1. The first-order valence-electron chi connectivity index (χ1n) is 7.03. The summed E-state index contributed by atoms with van der Waals surface area (Å²) in [5.41, 5.74) is 10.7. The third-order valence-corrected chi connectivity index (χ3v) is 4.25. The van der Waals surface area contributed by atoms with Gasteiger partial charge in [-0.3, -0.25) is 0 Å². The fraction of sp³-hybridized carbons (Fsp3) is 0.375. The SMILES string of the molecule is Cc1nc(N)nc(N2CCc3ccccc3C2C)c1C. The smallest absolute Gasteiger partial charge is 0.222 e. The molecule has 0 aliphatic carbocycles. The molecule has 1 aliphatic heterocycles. The van der Waals surface area contributed by atoms with Crippen molar-refractivity contribution in [2.24, 2.45) is 0 Å². The summed E-state index contributed by atoms with van der Waals surface area (Å²) < 4.78 is 0. The molecule has 0 spiro atoms. The molecule has 0 radical (unpaired) electrons. The van der Waals surface area contributed by atoms with E-state index < -0.39 is 0 Å². The molecule has 0 saturated carbocycles. The molecular formula is C16H20N4. The number of nitrogen functional groups attached to an aromatic ring is 1. The maximum absolute atomic E-state index is 5.83. The highest BCUT2D eigenvalue weighted by molar-refractivity contribution is 5.54. The number of hydrogen-bond acceptors (Lipinski definition) is 4. The van der Waals surface area contributed by atoms with Crippen molar-refractivity contribution in [3.05, 3.63) is 46.6 Å². The van der Waals surface area contributed by atoms with E-state index >= 15 is 0 Å². The van der Waals surface area contributed by atoms with Crippen LogP contribution in [0, 0.1) is 13.8 Å². The van der Waals surface area contributed by atoms with Gasteiger partial charge in [0, 0.05) is 17.8 Å². The van der Waals surface area contributed by atoms with Crippen LogP contribution in [0.3, 0.4) is 0 Å². The molecule has 1 unspecified atom stereocenters. The first-order chi connectivity index (χ1) is 9.58. The lowest BCUT2D eigenvalue weighted by Crippen LogP contribution is -2.35. The molecule has 4 heteroatoms. The fourth-order valence-electron chi connectivity index (χ4n) is 2.98. The molecule has 1 aliphatic rings. The summed E-state index contributed by atoms with van der Waals surface area (Å²) in [5.74, 6) is 1.33. The normalized spacial score (nSPS) is 17.9. The number of aryl methyl sites for hydroxylation is 1. The summed E-state index contributed by atoms with van der Waals surface area (Å²) in [4.78, 5) is 11.0. The molecule has 20 heavy (non-hydrogen) atoms. The lowest BCUT2D eigenvalue weighted by Gasteiger charge is -2.37. The van der Waals surface area contributed by atoms with Gasteiger partial charge in [-0.05, 0) is 38.3 Å². The Bertz CT molecular complexity index is 651. The van der Waals surface area contributed by atoms with Gasteiger partial charge in [0.2, 0.25) is 5.95 Å². The Balaban J connectivity index is 2.05. The van der Waals surface area contributed by atoms with Crippen LogP contribution in [0.2, 0.25) is 0 Å². The summed E-state index contributed by atoms with van der Waals surface area (Å²) in [6.45, 7) is 7.25. The van der Waals surface area contributed by atoms with Crippen molar-refractivity contribution in [3.8, 4) is 0 Å². The Labute approximate surface area is 119 Å². The summed E-state index contributed by atoms with van der Waals surface area (Å²) in [6.07, 6.45) is 1.04. The van der Waals surface area contributed by atoms with Gasteiger partial charge in [0.15, 0.2) is 0 Å². The molecule has 2 aromatic rings. The van der Waals surface area contributed by atoms with Crippen molar-refractivity contribution in [1.29, 1.82) is 0 Å². The number of anilines is 2. The van der Waals surface area contributed by atoms with Crippen LogP contribution < -0.4 is 10.6 Å². The van der Waals surface area contributed by atoms with E-state index in [2.05, 4.69) is 53.0 Å². The fourth-order valence-corrected chi connectivity index (χ4v) is 2.98. The molecular weight excluding hydrogens is 248 g/mol. The van der Waals surface area contributed by atoms with Crippen LogP contribution in [0.25, 0.3) is 0 Å². The highest BCUT2D eigenvalue weighted by Gasteiger charge is 2.26. The van der Waals surface area contributed by atoms with E-state index in [0.29, 0.717) is 12.0 Å². The third kappa shape index (κ3) is 2.01. The Hall–Kier alpha value is -2.10. The standard InChI is InChI=1S/C16H20N4/c1-10-11(2)18-16(17)19-15(10)20-9-8-13-6-4-5-7-14(13)12(20)3/h4-7,12H,8-9H2,1-3H3,(H2,17,18,19). The maximum atomic E-state index is 5.83. The first kappa shape index (κ1) is 12.9. The van der Waals surface area contributed by atoms with E-state index in [1.807, 2.05) is 6.92 Å². The van der Waals surface area contributed by atoms with Crippen LogP contribution in [-0.4, -0.2) is 16.5 Å². The van der Waals surface area contributed by atoms with Gasteiger partial charge in [0.1, 0.15) is 5.82 Å². The van der Waals surface area contributed by atoms with E-state index in [1.54, 1.807) is 0 Å². The van der Waals surface area contributed by atoms with Crippen molar-refractivity contribution >= 4 is 11.8 Å². The topological polar surface area (TPSA) is 55.0 Å². The highest BCUT2D eigenvalue weighted by Crippen LogP contribution is 2.34. The van der Waals surface area contributed by atoms with Gasteiger partial charge in [-0.1, -0.05) is 24.3 Å². The van der Waals surface area contributed by atoms with Crippen molar-refractivity contribution in [2.75, 3.05) is 17.2 Å². The molecule has 4 nitrogen and oxygen atoms in total. The number of hydrogen-bond donors (Lipinski definition) is 1. The van der Waals surface area contributed by atoms with Gasteiger partial charge in [0.25, 0.3) is 0 Å². The van der Waals surface area contributed by atoms with Crippen LogP contribution in [0.1, 0.15) is 35.3 Å². The van der Waals surface area contributed by atoms with E-state index in [1.165, 1.54) is 11.1 Å². The zero-order valence-corrected chi connectivity index (χ0v) is 12.2. The molecule has 1 aromatic carbocycles. The van der Waals surface area contributed by atoms with Gasteiger partial charge in [-0.25, -0.2) is 4.98 Å². The Morgan fingerprint density at radius 3 is 2.75 bits per heavy atom. The number of aromatic nitrogens is 2. The van der Waals surface area contributed by atoms with E-state index in [4.69, 9.17) is 5.73 Å². The Morgan fingerprint density at radius 1 is 1.20 bits per heavy atom. The van der Waals surface area contributed by atoms with Gasteiger partial charge in [-0.2, -0.15) is 4.98 Å². The molecule has 104 valence electrons. The average Bonchev–Trinajstić information content (AvgIpc) is 2.44. The second-order valence-electron chi connectivity index (χ2n) is 5.43. The van der Waals surface area contributed by atoms with Crippen LogP contribution in [0.5, 0.6) is 0 Å². The summed E-state index contributed by atoms with van der Waals surface area (Å²) in [7, 11) is 0. The summed E-state index contributed by atoms with van der Waals surface area (Å²) >= 11 is 0. The minimum absolute atomic E-state index is 0.312. The maximum Gasteiger partial charge on any atom is 0.222 e. The predicted molar refractivity (Wildman–Crippen MR) is 81.8 cm³/mol. The Kier molecular flexibility index (Phi) is 3.08. The van der Waals surface area contributed by atoms with Crippen molar-refractivity contribution in [3.63, 3.8) is 0 Å². The van der Waals surface area contributed by atoms with Crippen molar-refractivity contribution in [1.82, 2.24) is 9.97 Å². The Morgan fingerprint density at radius 2 is 1.95 bits per heavy atom. The first-order valence-corrected chi connectivity index (χ1v) is 7.03. The van der Waals surface area contributed by atoms with Gasteiger partial charge in [0.05, 0.1) is 6.04 Å². The van der Waals surface area contributed by atoms with E-state index in [0.717, 1.165) is 30.0 Å². The van der Waals surface area contributed by atoms with Crippen molar-refractivity contribution < 1.29 is 0 Å².